The number of aryl methyl sites for hydroxylation is 1. The van der Waals surface area contributed by atoms with Crippen molar-refractivity contribution >= 4 is 29.0 Å². The number of hydrogen-bond donors (Lipinski definition) is 2. The fraction of sp³-hybridized carbons (Fsp3) is 0.130. The van der Waals surface area contributed by atoms with E-state index in [0.29, 0.717) is 22.4 Å². The van der Waals surface area contributed by atoms with E-state index in [4.69, 9.17) is 5.73 Å². The summed E-state index contributed by atoms with van der Waals surface area (Å²) in [7, 11) is 0. The van der Waals surface area contributed by atoms with Crippen LogP contribution in [0.2, 0.25) is 0 Å². The molecule has 8 heteroatoms. The van der Waals surface area contributed by atoms with Gasteiger partial charge in [-0.25, -0.2) is 0 Å². The molecule has 2 heterocycles. The molecule has 0 saturated carbocycles. The molecule has 1 atom stereocenters. The fourth-order valence-corrected chi connectivity index (χ4v) is 3.93. The second kappa shape index (κ2) is 9.01. The molecular formula is C23H22N6OS. The lowest BCUT2D eigenvalue weighted by Gasteiger charge is -2.15. The number of thioether (sulfide) groups is 1. The first-order chi connectivity index (χ1) is 15.0. The van der Waals surface area contributed by atoms with Crippen molar-refractivity contribution in [3.63, 3.8) is 0 Å². The van der Waals surface area contributed by atoms with Crippen molar-refractivity contribution in [1.29, 1.82) is 0 Å². The largest absolute Gasteiger partial charge is 0.399 e. The van der Waals surface area contributed by atoms with Gasteiger partial charge in [-0.15, -0.1) is 10.2 Å². The lowest BCUT2D eigenvalue weighted by molar-refractivity contribution is -0.115. The van der Waals surface area contributed by atoms with Crippen molar-refractivity contribution in [2.24, 2.45) is 0 Å². The molecule has 1 amide bonds. The predicted molar refractivity (Wildman–Crippen MR) is 124 cm³/mol. The van der Waals surface area contributed by atoms with Crippen LogP contribution in [0.1, 0.15) is 12.5 Å². The van der Waals surface area contributed by atoms with Gasteiger partial charge < -0.3 is 11.1 Å². The van der Waals surface area contributed by atoms with Crippen LogP contribution in [0, 0.1) is 6.92 Å². The summed E-state index contributed by atoms with van der Waals surface area (Å²) in [6, 6.07) is 19.1. The molecule has 4 rings (SSSR count). The molecule has 2 aromatic carbocycles. The van der Waals surface area contributed by atoms with Gasteiger partial charge in [-0.1, -0.05) is 36.0 Å². The van der Waals surface area contributed by atoms with Crippen molar-refractivity contribution in [2.75, 3.05) is 11.1 Å². The molecule has 0 aliphatic heterocycles. The minimum atomic E-state index is -0.408. The van der Waals surface area contributed by atoms with E-state index in [0.717, 1.165) is 16.8 Å². The summed E-state index contributed by atoms with van der Waals surface area (Å²) in [4.78, 5) is 17.1. The number of aromatic nitrogens is 4. The second-order valence-electron chi connectivity index (χ2n) is 7.04. The van der Waals surface area contributed by atoms with Crippen LogP contribution in [0.5, 0.6) is 0 Å². The highest BCUT2D eigenvalue weighted by molar-refractivity contribution is 8.00. The van der Waals surface area contributed by atoms with Crippen molar-refractivity contribution < 1.29 is 4.79 Å². The zero-order chi connectivity index (χ0) is 21.8. The van der Waals surface area contributed by atoms with Crippen LogP contribution in [0.15, 0.2) is 78.2 Å². The van der Waals surface area contributed by atoms with Gasteiger partial charge in [-0.2, -0.15) is 0 Å². The molecular weight excluding hydrogens is 408 g/mol. The van der Waals surface area contributed by atoms with Crippen LogP contribution in [-0.4, -0.2) is 30.9 Å². The van der Waals surface area contributed by atoms with E-state index >= 15 is 0 Å². The third-order valence-corrected chi connectivity index (χ3v) is 5.78. The Kier molecular flexibility index (Phi) is 5.99. The number of anilines is 2. The van der Waals surface area contributed by atoms with Crippen molar-refractivity contribution in [3.05, 3.63) is 78.6 Å². The van der Waals surface area contributed by atoms with Gasteiger partial charge in [0.25, 0.3) is 0 Å². The van der Waals surface area contributed by atoms with E-state index in [-0.39, 0.29) is 5.91 Å². The summed E-state index contributed by atoms with van der Waals surface area (Å²) in [6.45, 7) is 3.77. The Labute approximate surface area is 184 Å². The summed E-state index contributed by atoms with van der Waals surface area (Å²) in [5.41, 5.74) is 9.88. The first-order valence-corrected chi connectivity index (χ1v) is 10.7. The number of para-hydroxylation sites is 1. The topological polar surface area (TPSA) is 98.7 Å². The summed E-state index contributed by atoms with van der Waals surface area (Å²) in [6.07, 6.45) is 3.46. The first kappa shape index (κ1) is 20.6. The van der Waals surface area contributed by atoms with E-state index in [1.165, 1.54) is 11.8 Å². The predicted octanol–water partition coefficient (Wildman–Crippen LogP) is 4.34. The molecule has 0 aliphatic carbocycles. The van der Waals surface area contributed by atoms with E-state index in [9.17, 15) is 4.79 Å². The molecule has 0 fully saturated rings. The lowest BCUT2D eigenvalue weighted by atomic mass is 10.2. The van der Waals surface area contributed by atoms with Gasteiger partial charge in [0.1, 0.15) is 0 Å². The standard InChI is InChI=1S/C23H22N6OS/c1-15-10-11-18(24)13-20(15)26-22(30)16(2)31-23-28-27-21(17-7-6-12-25-14-17)29(23)19-8-4-3-5-9-19/h3-14,16H,24H2,1-2H3,(H,26,30). The monoisotopic (exact) mass is 430 g/mol. The maximum Gasteiger partial charge on any atom is 0.237 e. The van der Waals surface area contributed by atoms with E-state index in [2.05, 4.69) is 20.5 Å². The van der Waals surface area contributed by atoms with Crippen LogP contribution in [0.4, 0.5) is 11.4 Å². The van der Waals surface area contributed by atoms with Crippen LogP contribution in [0.25, 0.3) is 17.1 Å². The van der Waals surface area contributed by atoms with E-state index in [1.54, 1.807) is 18.5 Å². The molecule has 1 unspecified atom stereocenters. The Bertz CT molecular complexity index is 1190. The molecule has 3 N–H and O–H groups in total. The van der Waals surface area contributed by atoms with Crippen LogP contribution >= 0.6 is 11.8 Å². The number of amides is 1. The number of rotatable bonds is 6. The highest BCUT2D eigenvalue weighted by atomic mass is 32.2. The molecule has 7 nitrogen and oxygen atoms in total. The summed E-state index contributed by atoms with van der Waals surface area (Å²) in [5, 5.41) is 11.9. The highest BCUT2D eigenvalue weighted by Gasteiger charge is 2.22. The number of nitrogen functional groups attached to an aromatic ring is 1. The molecule has 31 heavy (non-hydrogen) atoms. The van der Waals surface area contributed by atoms with Gasteiger partial charge in [-0.05, 0) is 55.8 Å². The van der Waals surface area contributed by atoms with Crippen LogP contribution < -0.4 is 11.1 Å². The minimum Gasteiger partial charge on any atom is -0.399 e. The van der Waals surface area contributed by atoms with Gasteiger partial charge in [-0.3, -0.25) is 14.3 Å². The van der Waals surface area contributed by atoms with Crippen LogP contribution in [-0.2, 0) is 4.79 Å². The maximum absolute atomic E-state index is 12.9. The number of carbonyl (C=O) groups is 1. The lowest BCUT2D eigenvalue weighted by Crippen LogP contribution is -2.23. The SMILES string of the molecule is Cc1ccc(N)cc1NC(=O)C(C)Sc1nnc(-c2cccnc2)n1-c1ccccc1. The molecule has 0 radical (unpaired) electrons. The first-order valence-electron chi connectivity index (χ1n) is 9.78. The van der Waals surface area contributed by atoms with Gasteiger partial charge in [0, 0.05) is 35.0 Å². The van der Waals surface area contributed by atoms with Crippen molar-refractivity contribution in [2.45, 2.75) is 24.3 Å². The number of hydrogen-bond acceptors (Lipinski definition) is 6. The normalized spacial score (nSPS) is 11.8. The minimum absolute atomic E-state index is 0.135. The van der Waals surface area contributed by atoms with Gasteiger partial charge in [0.05, 0.1) is 5.25 Å². The second-order valence-corrected chi connectivity index (χ2v) is 8.35. The van der Waals surface area contributed by atoms with Gasteiger partial charge in [0.15, 0.2) is 11.0 Å². The smallest absolute Gasteiger partial charge is 0.237 e. The molecule has 0 saturated heterocycles. The average molecular weight is 431 g/mol. The van der Waals surface area contributed by atoms with E-state index in [1.807, 2.05) is 73.0 Å². The fourth-order valence-electron chi connectivity index (χ4n) is 3.06. The summed E-state index contributed by atoms with van der Waals surface area (Å²) < 4.78 is 1.94. The number of carbonyl (C=O) groups excluding carboxylic acids is 1. The Morgan fingerprint density at radius 2 is 1.90 bits per heavy atom. The number of benzene rings is 2. The quantitative estimate of drug-likeness (QED) is 0.349. The maximum atomic E-state index is 12.9. The Hall–Kier alpha value is -3.65. The zero-order valence-electron chi connectivity index (χ0n) is 17.2. The highest BCUT2D eigenvalue weighted by Crippen LogP contribution is 2.30. The summed E-state index contributed by atoms with van der Waals surface area (Å²) >= 11 is 1.34. The van der Waals surface area contributed by atoms with E-state index < -0.39 is 5.25 Å². The average Bonchev–Trinajstić information content (AvgIpc) is 3.21. The van der Waals surface area contributed by atoms with Crippen LogP contribution in [0.3, 0.4) is 0 Å². The molecule has 156 valence electrons. The Morgan fingerprint density at radius 1 is 1.10 bits per heavy atom. The third-order valence-electron chi connectivity index (χ3n) is 4.74. The number of nitrogens with zero attached hydrogens (tertiary/aromatic N) is 4. The number of nitrogens with two attached hydrogens (primary N) is 1. The van der Waals surface area contributed by atoms with Gasteiger partial charge in [0.2, 0.25) is 5.91 Å². The molecule has 0 spiro atoms. The number of pyridine rings is 1. The van der Waals surface area contributed by atoms with Gasteiger partial charge >= 0.3 is 0 Å². The molecule has 0 aliphatic rings. The zero-order valence-corrected chi connectivity index (χ0v) is 18.0. The molecule has 2 aromatic heterocycles. The Morgan fingerprint density at radius 3 is 2.65 bits per heavy atom. The van der Waals surface area contributed by atoms with Crippen molar-refractivity contribution in [1.82, 2.24) is 19.7 Å². The number of nitrogens with one attached hydrogen (secondary N) is 1. The molecule has 4 aromatic rings. The molecule has 0 bridgehead atoms. The Balaban J connectivity index is 1.63. The summed E-state index contributed by atoms with van der Waals surface area (Å²) in [5.74, 6) is 0.533. The third kappa shape index (κ3) is 4.59. The van der Waals surface area contributed by atoms with Crippen molar-refractivity contribution in [3.8, 4) is 17.1 Å².